The van der Waals surface area contributed by atoms with Crippen molar-refractivity contribution < 1.29 is 9.90 Å². The summed E-state index contributed by atoms with van der Waals surface area (Å²) in [6.45, 7) is 1.86. The molecule has 14 heavy (non-hydrogen) atoms. The predicted octanol–water partition coefficient (Wildman–Crippen LogP) is 1.64. The fourth-order valence-electron chi connectivity index (χ4n) is 1.33. The summed E-state index contributed by atoms with van der Waals surface area (Å²) in [6.07, 6.45) is 1.46. The van der Waals surface area contributed by atoms with E-state index in [1.165, 1.54) is 6.20 Å². The largest absolute Gasteiger partial charge is 0.476 e. The van der Waals surface area contributed by atoms with E-state index in [4.69, 9.17) is 5.11 Å². The Morgan fingerprint density at radius 1 is 1.36 bits per heavy atom. The zero-order valence-electron chi connectivity index (χ0n) is 7.56. The molecule has 0 aliphatic rings. The molecular formula is C10H8N2O2. The van der Waals surface area contributed by atoms with Crippen molar-refractivity contribution in [3.63, 3.8) is 0 Å². The number of aryl methyl sites for hydroxylation is 1. The molecule has 0 aliphatic carbocycles. The summed E-state index contributed by atoms with van der Waals surface area (Å²) in [5, 5.41) is 9.44. The molecule has 0 aliphatic heterocycles. The molecule has 0 unspecified atom stereocenters. The molecule has 0 radical (unpaired) electrons. The van der Waals surface area contributed by atoms with Gasteiger partial charge in [-0.1, -0.05) is 0 Å². The van der Waals surface area contributed by atoms with Gasteiger partial charge in [0.2, 0.25) is 0 Å². The lowest BCUT2D eigenvalue weighted by Gasteiger charge is -2.00. The van der Waals surface area contributed by atoms with Crippen molar-refractivity contribution in [2.75, 3.05) is 0 Å². The Balaban J connectivity index is 2.81. The van der Waals surface area contributed by atoms with E-state index in [0.717, 1.165) is 5.69 Å². The van der Waals surface area contributed by atoms with Crippen LogP contribution in [0, 0.1) is 6.92 Å². The zero-order chi connectivity index (χ0) is 10.1. The van der Waals surface area contributed by atoms with Crippen LogP contribution in [0.25, 0.3) is 10.9 Å². The maximum absolute atomic E-state index is 10.8. The van der Waals surface area contributed by atoms with E-state index in [1.807, 2.05) is 6.92 Å². The number of carboxylic acid groups (broad SMARTS) is 1. The minimum atomic E-state index is -1.03. The fourth-order valence-corrected chi connectivity index (χ4v) is 1.33. The molecule has 0 amide bonds. The summed E-state index contributed by atoms with van der Waals surface area (Å²) in [5.74, 6) is -1.03. The first kappa shape index (κ1) is 8.62. The van der Waals surface area contributed by atoms with Crippen LogP contribution in [0.1, 0.15) is 16.2 Å². The summed E-state index contributed by atoms with van der Waals surface area (Å²) in [4.78, 5) is 18.8. The van der Waals surface area contributed by atoms with Gasteiger partial charge in [-0.3, -0.25) is 4.98 Å². The van der Waals surface area contributed by atoms with Crippen LogP contribution >= 0.6 is 0 Å². The van der Waals surface area contributed by atoms with Crippen LogP contribution < -0.4 is 0 Å². The second-order valence-electron chi connectivity index (χ2n) is 2.98. The van der Waals surface area contributed by atoms with Gasteiger partial charge in [0, 0.05) is 17.3 Å². The Kier molecular flexibility index (Phi) is 1.89. The standard InChI is InChI=1S/C10H8N2O2/c1-6-2-3-7-8(12-6)4-5-11-9(7)10(13)14/h2-5H,1H3,(H,13,14). The van der Waals surface area contributed by atoms with Gasteiger partial charge >= 0.3 is 5.97 Å². The molecule has 2 aromatic rings. The number of aromatic carboxylic acids is 1. The summed E-state index contributed by atoms with van der Waals surface area (Å²) >= 11 is 0. The van der Waals surface area contributed by atoms with E-state index < -0.39 is 5.97 Å². The molecular weight excluding hydrogens is 180 g/mol. The SMILES string of the molecule is Cc1ccc2c(C(=O)O)nccc2n1. The van der Waals surface area contributed by atoms with Crippen molar-refractivity contribution in [3.05, 3.63) is 35.8 Å². The number of aromatic nitrogens is 2. The second-order valence-corrected chi connectivity index (χ2v) is 2.98. The first-order valence-electron chi connectivity index (χ1n) is 4.14. The highest BCUT2D eigenvalue weighted by Gasteiger charge is 2.09. The first-order chi connectivity index (χ1) is 6.68. The maximum Gasteiger partial charge on any atom is 0.355 e. The predicted molar refractivity (Wildman–Crippen MR) is 51.2 cm³/mol. The third-order valence-corrected chi connectivity index (χ3v) is 1.96. The Morgan fingerprint density at radius 2 is 2.14 bits per heavy atom. The number of rotatable bonds is 1. The zero-order valence-corrected chi connectivity index (χ0v) is 7.56. The van der Waals surface area contributed by atoms with E-state index in [1.54, 1.807) is 18.2 Å². The van der Waals surface area contributed by atoms with E-state index in [2.05, 4.69) is 9.97 Å². The molecule has 4 heteroatoms. The molecule has 0 saturated carbocycles. The van der Waals surface area contributed by atoms with Gasteiger partial charge in [-0.25, -0.2) is 9.78 Å². The van der Waals surface area contributed by atoms with Gasteiger partial charge in [0.05, 0.1) is 5.52 Å². The van der Waals surface area contributed by atoms with Crippen LogP contribution in [0.3, 0.4) is 0 Å². The number of carboxylic acids is 1. The van der Waals surface area contributed by atoms with Crippen LogP contribution in [-0.2, 0) is 0 Å². The van der Waals surface area contributed by atoms with Crippen LogP contribution in [-0.4, -0.2) is 21.0 Å². The molecule has 2 rings (SSSR count). The van der Waals surface area contributed by atoms with Gasteiger partial charge in [0.15, 0.2) is 5.69 Å². The smallest absolute Gasteiger partial charge is 0.355 e. The minimum Gasteiger partial charge on any atom is -0.476 e. The van der Waals surface area contributed by atoms with Crippen LogP contribution in [0.5, 0.6) is 0 Å². The van der Waals surface area contributed by atoms with Gasteiger partial charge in [-0.15, -0.1) is 0 Å². The minimum absolute atomic E-state index is 0.0509. The molecule has 2 heterocycles. The summed E-state index contributed by atoms with van der Waals surface area (Å²) < 4.78 is 0. The van der Waals surface area contributed by atoms with Crippen molar-refractivity contribution in [2.45, 2.75) is 6.92 Å². The molecule has 0 spiro atoms. The van der Waals surface area contributed by atoms with Crippen molar-refractivity contribution in [2.24, 2.45) is 0 Å². The highest BCUT2D eigenvalue weighted by Crippen LogP contribution is 2.14. The van der Waals surface area contributed by atoms with Gasteiger partial charge < -0.3 is 5.11 Å². The van der Waals surface area contributed by atoms with Gasteiger partial charge in [-0.05, 0) is 25.1 Å². The average molecular weight is 188 g/mol. The normalized spacial score (nSPS) is 10.4. The maximum atomic E-state index is 10.8. The Bertz CT molecular complexity index is 508. The summed E-state index contributed by atoms with van der Waals surface area (Å²) in [6, 6.07) is 5.21. The highest BCUT2D eigenvalue weighted by atomic mass is 16.4. The number of carbonyl (C=O) groups is 1. The quantitative estimate of drug-likeness (QED) is 0.738. The third-order valence-electron chi connectivity index (χ3n) is 1.96. The van der Waals surface area contributed by atoms with Crippen molar-refractivity contribution in [1.82, 2.24) is 9.97 Å². The second kappa shape index (κ2) is 3.06. The number of pyridine rings is 2. The highest BCUT2D eigenvalue weighted by molar-refractivity contribution is 6.00. The van der Waals surface area contributed by atoms with Crippen LogP contribution in [0.15, 0.2) is 24.4 Å². The van der Waals surface area contributed by atoms with Crippen molar-refractivity contribution in [3.8, 4) is 0 Å². The molecule has 0 saturated heterocycles. The van der Waals surface area contributed by atoms with Crippen molar-refractivity contribution in [1.29, 1.82) is 0 Å². The van der Waals surface area contributed by atoms with Crippen LogP contribution in [0.2, 0.25) is 0 Å². The third kappa shape index (κ3) is 1.31. The topological polar surface area (TPSA) is 63.1 Å². The number of hydrogen-bond donors (Lipinski definition) is 1. The Morgan fingerprint density at radius 3 is 2.86 bits per heavy atom. The lowest BCUT2D eigenvalue weighted by molar-refractivity contribution is 0.0693. The fraction of sp³-hybridized carbons (Fsp3) is 0.100. The van der Waals surface area contributed by atoms with E-state index >= 15 is 0 Å². The van der Waals surface area contributed by atoms with Gasteiger partial charge in [0.25, 0.3) is 0 Å². The number of nitrogens with zero attached hydrogens (tertiary/aromatic N) is 2. The molecule has 1 N–H and O–H groups in total. The lowest BCUT2D eigenvalue weighted by atomic mass is 10.2. The van der Waals surface area contributed by atoms with Crippen LogP contribution in [0.4, 0.5) is 0 Å². The monoisotopic (exact) mass is 188 g/mol. The summed E-state index contributed by atoms with van der Waals surface area (Å²) in [5.41, 5.74) is 1.58. The van der Waals surface area contributed by atoms with E-state index in [9.17, 15) is 4.79 Å². The van der Waals surface area contributed by atoms with E-state index in [0.29, 0.717) is 10.9 Å². The molecule has 0 aromatic carbocycles. The number of hydrogen-bond acceptors (Lipinski definition) is 3. The lowest BCUT2D eigenvalue weighted by Crippen LogP contribution is -2.01. The molecule has 0 atom stereocenters. The molecule has 0 bridgehead atoms. The first-order valence-corrected chi connectivity index (χ1v) is 4.14. The van der Waals surface area contributed by atoms with Gasteiger partial charge in [0.1, 0.15) is 0 Å². The van der Waals surface area contributed by atoms with Crippen molar-refractivity contribution >= 4 is 16.9 Å². The Hall–Kier alpha value is -1.97. The summed E-state index contributed by atoms with van der Waals surface area (Å²) in [7, 11) is 0. The molecule has 70 valence electrons. The van der Waals surface area contributed by atoms with Gasteiger partial charge in [-0.2, -0.15) is 0 Å². The number of fused-ring (bicyclic) bond motifs is 1. The van der Waals surface area contributed by atoms with E-state index in [-0.39, 0.29) is 5.69 Å². The Labute approximate surface area is 80.2 Å². The molecule has 4 nitrogen and oxygen atoms in total. The molecule has 2 aromatic heterocycles. The average Bonchev–Trinajstić information content (AvgIpc) is 2.16. The molecule has 0 fully saturated rings.